The van der Waals surface area contributed by atoms with E-state index in [1.807, 2.05) is 24.3 Å². The third-order valence-corrected chi connectivity index (χ3v) is 3.60. The number of nitrogen functional groups attached to an aromatic ring is 1. The Morgan fingerprint density at radius 3 is 2.16 bits per heavy atom. The van der Waals surface area contributed by atoms with Gasteiger partial charge in [0.05, 0.1) is 0 Å². The molecule has 0 spiro atoms. The van der Waals surface area contributed by atoms with E-state index in [1.165, 1.54) is 11.1 Å². The lowest BCUT2D eigenvalue weighted by Gasteiger charge is -2.10. The first-order valence-corrected chi connectivity index (χ1v) is 6.45. The fourth-order valence-corrected chi connectivity index (χ4v) is 2.56. The Balaban J connectivity index is 1.68. The van der Waals surface area contributed by atoms with E-state index in [1.54, 1.807) is 12.1 Å². The predicted molar refractivity (Wildman–Crippen MR) is 76.8 cm³/mol. The van der Waals surface area contributed by atoms with Gasteiger partial charge in [-0.2, -0.15) is 0 Å². The molecule has 3 N–H and O–H groups in total. The number of carbonyl (C=O) groups excluding carboxylic acids is 1. The molecular weight excluding hydrogens is 236 g/mol. The molecule has 2 aromatic rings. The highest BCUT2D eigenvalue weighted by atomic mass is 16.1. The molecule has 0 aromatic heterocycles. The average Bonchev–Trinajstić information content (AvgIpc) is 2.85. The number of nitrogens with one attached hydrogen (secondary N) is 1. The third-order valence-electron chi connectivity index (χ3n) is 3.60. The van der Waals surface area contributed by atoms with Gasteiger partial charge in [-0.05, 0) is 48.2 Å². The van der Waals surface area contributed by atoms with Gasteiger partial charge in [0.25, 0.3) is 0 Å². The van der Waals surface area contributed by atoms with Crippen molar-refractivity contribution in [3.8, 4) is 0 Å². The standard InChI is InChI=1S/C16H16N2O/c17-14-5-7-15(8-6-14)18-16(19)13-9-11-3-1-2-4-12(11)10-13/h1-8,13H,9-10,17H2,(H,18,19). The van der Waals surface area contributed by atoms with Gasteiger partial charge < -0.3 is 11.1 Å². The molecule has 0 fully saturated rings. The summed E-state index contributed by atoms with van der Waals surface area (Å²) in [4.78, 5) is 12.2. The molecule has 1 aliphatic rings. The van der Waals surface area contributed by atoms with Crippen molar-refractivity contribution in [3.63, 3.8) is 0 Å². The van der Waals surface area contributed by atoms with Crippen LogP contribution < -0.4 is 11.1 Å². The SMILES string of the molecule is Nc1ccc(NC(=O)C2Cc3ccccc3C2)cc1. The Morgan fingerprint density at radius 2 is 1.58 bits per heavy atom. The van der Waals surface area contributed by atoms with E-state index in [0.29, 0.717) is 5.69 Å². The van der Waals surface area contributed by atoms with Gasteiger partial charge in [0.15, 0.2) is 0 Å². The third kappa shape index (κ3) is 2.45. The molecule has 0 saturated carbocycles. The Kier molecular flexibility index (Phi) is 2.95. The molecule has 19 heavy (non-hydrogen) atoms. The summed E-state index contributed by atoms with van der Waals surface area (Å²) in [5, 5.41) is 2.95. The molecule has 96 valence electrons. The minimum atomic E-state index is 0.0370. The van der Waals surface area contributed by atoms with Crippen LogP contribution in [0.4, 0.5) is 11.4 Å². The number of hydrogen-bond donors (Lipinski definition) is 2. The fraction of sp³-hybridized carbons (Fsp3) is 0.188. The van der Waals surface area contributed by atoms with Crippen LogP contribution >= 0.6 is 0 Å². The first-order chi connectivity index (χ1) is 9.22. The van der Waals surface area contributed by atoms with E-state index in [0.717, 1.165) is 18.5 Å². The summed E-state index contributed by atoms with van der Waals surface area (Å²) in [6.45, 7) is 0. The normalized spacial score (nSPS) is 14.1. The van der Waals surface area contributed by atoms with Crippen molar-refractivity contribution < 1.29 is 4.79 Å². The summed E-state index contributed by atoms with van der Waals surface area (Å²) in [6.07, 6.45) is 1.66. The lowest BCUT2D eigenvalue weighted by Crippen LogP contribution is -2.23. The van der Waals surface area contributed by atoms with Crippen molar-refractivity contribution in [2.75, 3.05) is 11.1 Å². The van der Waals surface area contributed by atoms with E-state index < -0.39 is 0 Å². The minimum absolute atomic E-state index is 0.0370. The van der Waals surface area contributed by atoms with Crippen LogP contribution in [0.2, 0.25) is 0 Å². The predicted octanol–water partition coefficient (Wildman–Crippen LogP) is 2.62. The van der Waals surface area contributed by atoms with Gasteiger partial charge in [0.1, 0.15) is 0 Å². The molecule has 0 bridgehead atoms. The zero-order valence-electron chi connectivity index (χ0n) is 10.6. The highest BCUT2D eigenvalue weighted by molar-refractivity contribution is 5.93. The second kappa shape index (κ2) is 4.76. The highest BCUT2D eigenvalue weighted by Crippen LogP contribution is 2.27. The first kappa shape index (κ1) is 11.8. The van der Waals surface area contributed by atoms with Crippen molar-refractivity contribution >= 4 is 17.3 Å². The molecule has 1 aliphatic carbocycles. The molecule has 0 radical (unpaired) electrons. The van der Waals surface area contributed by atoms with Crippen LogP contribution in [-0.2, 0) is 17.6 Å². The molecule has 3 heteroatoms. The summed E-state index contributed by atoms with van der Waals surface area (Å²) in [6, 6.07) is 15.5. The van der Waals surface area contributed by atoms with Gasteiger partial charge in [-0.1, -0.05) is 24.3 Å². The summed E-state index contributed by atoms with van der Waals surface area (Å²) in [7, 11) is 0. The zero-order valence-corrected chi connectivity index (χ0v) is 10.6. The number of amides is 1. The number of rotatable bonds is 2. The molecule has 2 aromatic carbocycles. The molecule has 1 amide bonds. The summed E-state index contributed by atoms with van der Waals surface area (Å²) in [5.41, 5.74) is 9.71. The Labute approximate surface area is 112 Å². The average molecular weight is 252 g/mol. The Hall–Kier alpha value is -2.29. The summed E-state index contributed by atoms with van der Waals surface area (Å²) < 4.78 is 0. The second-order valence-electron chi connectivity index (χ2n) is 4.99. The summed E-state index contributed by atoms with van der Waals surface area (Å²) in [5.74, 6) is 0.121. The van der Waals surface area contributed by atoms with Gasteiger partial charge >= 0.3 is 0 Å². The van der Waals surface area contributed by atoms with Crippen LogP contribution in [0.3, 0.4) is 0 Å². The second-order valence-corrected chi connectivity index (χ2v) is 4.99. The quantitative estimate of drug-likeness (QED) is 0.807. The van der Waals surface area contributed by atoms with Crippen molar-refractivity contribution in [2.24, 2.45) is 5.92 Å². The van der Waals surface area contributed by atoms with E-state index >= 15 is 0 Å². The molecule has 3 rings (SSSR count). The van der Waals surface area contributed by atoms with Crippen molar-refractivity contribution in [3.05, 3.63) is 59.7 Å². The van der Waals surface area contributed by atoms with Crippen LogP contribution in [0.15, 0.2) is 48.5 Å². The number of nitrogens with two attached hydrogens (primary N) is 1. The van der Waals surface area contributed by atoms with Crippen molar-refractivity contribution in [2.45, 2.75) is 12.8 Å². The van der Waals surface area contributed by atoms with E-state index in [4.69, 9.17) is 5.73 Å². The van der Waals surface area contributed by atoms with Gasteiger partial charge in [0.2, 0.25) is 5.91 Å². The van der Waals surface area contributed by atoms with Crippen LogP contribution in [0, 0.1) is 5.92 Å². The van der Waals surface area contributed by atoms with E-state index in [-0.39, 0.29) is 11.8 Å². The Bertz CT molecular complexity index is 579. The van der Waals surface area contributed by atoms with Gasteiger partial charge in [-0.15, -0.1) is 0 Å². The number of anilines is 2. The zero-order chi connectivity index (χ0) is 13.2. The molecule has 3 nitrogen and oxygen atoms in total. The van der Waals surface area contributed by atoms with Crippen molar-refractivity contribution in [1.82, 2.24) is 0 Å². The van der Waals surface area contributed by atoms with Crippen LogP contribution in [0.1, 0.15) is 11.1 Å². The smallest absolute Gasteiger partial charge is 0.228 e. The van der Waals surface area contributed by atoms with Gasteiger partial charge in [-0.3, -0.25) is 4.79 Å². The number of hydrogen-bond acceptors (Lipinski definition) is 2. The lowest BCUT2D eigenvalue weighted by molar-refractivity contribution is -0.119. The maximum atomic E-state index is 12.2. The fourth-order valence-electron chi connectivity index (χ4n) is 2.56. The van der Waals surface area contributed by atoms with Crippen molar-refractivity contribution in [1.29, 1.82) is 0 Å². The number of benzene rings is 2. The van der Waals surface area contributed by atoms with E-state index in [9.17, 15) is 4.79 Å². The van der Waals surface area contributed by atoms with Gasteiger partial charge in [-0.25, -0.2) is 0 Å². The first-order valence-electron chi connectivity index (χ1n) is 6.45. The number of fused-ring (bicyclic) bond motifs is 1. The van der Waals surface area contributed by atoms with E-state index in [2.05, 4.69) is 17.4 Å². The molecule has 0 heterocycles. The topological polar surface area (TPSA) is 55.1 Å². The largest absolute Gasteiger partial charge is 0.399 e. The molecule has 0 atom stereocenters. The number of carbonyl (C=O) groups is 1. The molecule has 0 unspecified atom stereocenters. The minimum Gasteiger partial charge on any atom is -0.399 e. The monoisotopic (exact) mass is 252 g/mol. The summed E-state index contributed by atoms with van der Waals surface area (Å²) >= 11 is 0. The van der Waals surface area contributed by atoms with Crippen LogP contribution in [0.25, 0.3) is 0 Å². The van der Waals surface area contributed by atoms with Gasteiger partial charge in [0, 0.05) is 17.3 Å². The molecule has 0 saturated heterocycles. The maximum Gasteiger partial charge on any atom is 0.228 e. The Morgan fingerprint density at radius 1 is 1.00 bits per heavy atom. The molecule has 0 aliphatic heterocycles. The van der Waals surface area contributed by atoms with Crippen LogP contribution in [0.5, 0.6) is 0 Å². The maximum absolute atomic E-state index is 12.2. The lowest BCUT2D eigenvalue weighted by atomic mass is 10.1. The highest BCUT2D eigenvalue weighted by Gasteiger charge is 2.26. The van der Waals surface area contributed by atoms with Crippen LogP contribution in [-0.4, -0.2) is 5.91 Å². The molecular formula is C16H16N2O.